The van der Waals surface area contributed by atoms with Gasteiger partial charge in [0.15, 0.2) is 0 Å². The summed E-state index contributed by atoms with van der Waals surface area (Å²) in [4.78, 5) is 20.6. The summed E-state index contributed by atoms with van der Waals surface area (Å²) >= 11 is 0. The number of carbonyl (C=O) groups excluding carboxylic acids is 1. The van der Waals surface area contributed by atoms with Gasteiger partial charge in [0.25, 0.3) is 0 Å². The quantitative estimate of drug-likeness (QED) is 0.909. The third-order valence-electron chi connectivity index (χ3n) is 3.98. The molecule has 0 bridgehead atoms. The second kappa shape index (κ2) is 6.76. The van der Waals surface area contributed by atoms with Gasteiger partial charge in [-0.15, -0.1) is 0 Å². The van der Waals surface area contributed by atoms with E-state index in [1.54, 1.807) is 4.90 Å². The van der Waals surface area contributed by atoms with Crippen molar-refractivity contribution in [2.75, 3.05) is 44.3 Å². The lowest BCUT2D eigenvalue weighted by molar-refractivity contribution is 0.0531. The Morgan fingerprint density at radius 1 is 1.19 bits per heavy atom. The molecule has 0 saturated carbocycles. The van der Waals surface area contributed by atoms with Crippen molar-refractivity contribution in [3.05, 3.63) is 23.9 Å². The second-order valence-corrected chi connectivity index (χ2v) is 5.48. The molecule has 0 atom stereocenters. The van der Waals surface area contributed by atoms with E-state index < -0.39 is 0 Å². The summed E-state index contributed by atoms with van der Waals surface area (Å²) < 4.78 is 5.24. The SMILES string of the molecule is O=C(NCc1ccc(N2CCCC2)nc1)N1CCOCC1. The number of amides is 2. The summed E-state index contributed by atoms with van der Waals surface area (Å²) in [6.45, 7) is 5.29. The molecular formula is C15H22N4O2. The number of nitrogens with one attached hydrogen (secondary N) is 1. The average Bonchev–Trinajstić information content (AvgIpc) is 3.08. The first-order chi connectivity index (χ1) is 10.3. The zero-order chi connectivity index (χ0) is 14.5. The van der Waals surface area contributed by atoms with Crippen LogP contribution in [0.25, 0.3) is 0 Å². The highest BCUT2D eigenvalue weighted by Gasteiger charge is 2.16. The molecule has 2 saturated heterocycles. The van der Waals surface area contributed by atoms with Gasteiger partial charge in [0.1, 0.15) is 5.82 Å². The predicted molar refractivity (Wildman–Crippen MR) is 80.3 cm³/mol. The monoisotopic (exact) mass is 290 g/mol. The van der Waals surface area contributed by atoms with Crippen LogP contribution in [0.15, 0.2) is 18.3 Å². The van der Waals surface area contributed by atoms with Crippen molar-refractivity contribution in [2.45, 2.75) is 19.4 Å². The first kappa shape index (κ1) is 14.1. The predicted octanol–water partition coefficient (Wildman–Crippen LogP) is 1.22. The van der Waals surface area contributed by atoms with Gasteiger partial charge >= 0.3 is 6.03 Å². The number of aromatic nitrogens is 1. The van der Waals surface area contributed by atoms with E-state index in [1.165, 1.54) is 12.8 Å². The van der Waals surface area contributed by atoms with Gasteiger partial charge in [-0.05, 0) is 24.5 Å². The zero-order valence-corrected chi connectivity index (χ0v) is 12.3. The van der Waals surface area contributed by atoms with Crippen molar-refractivity contribution < 1.29 is 9.53 Å². The molecular weight excluding hydrogens is 268 g/mol. The van der Waals surface area contributed by atoms with Crippen LogP contribution in [0.5, 0.6) is 0 Å². The summed E-state index contributed by atoms with van der Waals surface area (Å²) in [6, 6.07) is 4.06. The third-order valence-corrected chi connectivity index (χ3v) is 3.98. The highest BCUT2D eigenvalue weighted by molar-refractivity contribution is 5.74. The Kier molecular flexibility index (Phi) is 4.55. The van der Waals surface area contributed by atoms with Crippen molar-refractivity contribution in [3.63, 3.8) is 0 Å². The van der Waals surface area contributed by atoms with Gasteiger partial charge in [-0.2, -0.15) is 0 Å². The highest BCUT2D eigenvalue weighted by Crippen LogP contribution is 2.17. The smallest absolute Gasteiger partial charge is 0.317 e. The van der Waals surface area contributed by atoms with Gasteiger partial charge < -0.3 is 19.9 Å². The molecule has 3 heterocycles. The van der Waals surface area contributed by atoms with Crippen molar-refractivity contribution in [1.82, 2.24) is 15.2 Å². The third kappa shape index (κ3) is 3.64. The molecule has 114 valence electrons. The lowest BCUT2D eigenvalue weighted by Gasteiger charge is -2.26. The van der Waals surface area contributed by atoms with Gasteiger partial charge in [-0.3, -0.25) is 0 Å². The Balaban J connectivity index is 1.49. The van der Waals surface area contributed by atoms with Crippen LogP contribution < -0.4 is 10.2 Å². The summed E-state index contributed by atoms with van der Waals surface area (Å²) in [5, 5.41) is 2.94. The minimum absolute atomic E-state index is 0.0260. The van der Waals surface area contributed by atoms with E-state index in [0.29, 0.717) is 32.8 Å². The number of hydrogen-bond acceptors (Lipinski definition) is 4. The lowest BCUT2D eigenvalue weighted by atomic mass is 10.3. The minimum atomic E-state index is -0.0260. The number of nitrogens with zero attached hydrogens (tertiary/aromatic N) is 3. The fourth-order valence-corrected chi connectivity index (χ4v) is 2.71. The molecule has 1 aromatic heterocycles. The zero-order valence-electron chi connectivity index (χ0n) is 12.3. The Hall–Kier alpha value is -1.82. The molecule has 0 aliphatic carbocycles. The summed E-state index contributed by atoms with van der Waals surface area (Å²) in [5.41, 5.74) is 1.03. The summed E-state index contributed by atoms with van der Waals surface area (Å²) in [7, 11) is 0. The standard InChI is InChI=1S/C15H22N4O2/c20-15(19-7-9-21-10-8-19)17-12-13-3-4-14(16-11-13)18-5-1-2-6-18/h3-4,11H,1-2,5-10,12H2,(H,17,20). The van der Waals surface area contributed by atoms with Gasteiger partial charge in [-0.25, -0.2) is 9.78 Å². The van der Waals surface area contributed by atoms with Crippen LogP contribution in [-0.2, 0) is 11.3 Å². The maximum absolute atomic E-state index is 12.0. The molecule has 1 N–H and O–H groups in total. The molecule has 0 radical (unpaired) electrons. The number of morpholine rings is 1. The van der Waals surface area contributed by atoms with Crippen molar-refractivity contribution in [2.24, 2.45) is 0 Å². The second-order valence-electron chi connectivity index (χ2n) is 5.48. The van der Waals surface area contributed by atoms with Crippen LogP contribution in [0.3, 0.4) is 0 Å². The fourth-order valence-electron chi connectivity index (χ4n) is 2.71. The van der Waals surface area contributed by atoms with Crippen LogP contribution in [0.1, 0.15) is 18.4 Å². The molecule has 0 aromatic carbocycles. The Bertz CT molecular complexity index is 465. The molecule has 2 aliphatic rings. The van der Waals surface area contributed by atoms with Gasteiger partial charge in [0.2, 0.25) is 0 Å². The number of pyridine rings is 1. The number of anilines is 1. The molecule has 2 amide bonds. The van der Waals surface area contributed by atoms with E-state index in [1.807, 2.05) is 18.3 Å². The maximum atomic E-state index is 12.0. The maximum Gasteiger partial charge on any atom is 0.317 e. The number of carbonyl (C=O) groups is 1. The van der Waals surface area contributed by atoms with E-state index in [9.17, 15) is 4.79 Å². The molecule has 0 spiro atoms. The van der Waals surface area contributed by atoms with Gasteiger partial charge in [0, 0.05) is 38.9 Å². The molecule has 2 aliphatic heterocycles. The number of hydrogen-bond donors (Lipinski definition) is 1. The largest absolute Gasteiger partial charge is 0.378 e. The molecule has 1 aromatic rings. The fraction of sp³-hybridized carbons (Fsp3) is 0.600. The Morgan fingerprint density at radius 3 is 2.62 bits per heavy atom. The summed E-state index contributed by atoms with van der Waals surface area (Å²) in [6.07, 6.45) is 4.35. The average molecular weight is 290 g/mol. The van der Waals surface area contributed by atoms with Crippen molar-refractivity contribution >= 4 is 11.8 Å². The van der Waals surface area contributed by atoms with Gasteiger partial charge in [-0.1, -0.05) is 6.07 Å². The molecule has 21 heavy (non-hydrogen) atoms. The van der Waals surface area contributed by atoms with Crippen LogP contribution in [0.4, 0.5) is 10.6 Å². The number of rotatable bonds is 3. The molecule has 6 nitrogen and oxygen atoms in total. The first-order valence-electron chi connectivity index (χ1n) is 7.63. The van der Waals surface area contributed by atoms with E-state index in [4.69, 9.17) is 4.74 Å². The van der Waals surface area contributed by atoms with E-state index in [2.05, 4.69) is 15.2 Å². The molecule has 0 unspecified atom stereocenters. The van der Waals surface area contributed by atoms with Crippen LogP contribution in [0, 0.1) is 0 Å². The highest BCUT2D eigenvalue weighted by atomic mass is 16.5. The van der Waals surface area contributed by atoms with Crippen molar-refractivity contribution in [1.29, 1.82) is 0 Å². The van der Waals surface area contributed by atoms with Crippen LogP contribution in [-0.4, -0.2) is 55.3 Å². The van der Waals surface area contributed by atoms with E-state index >= 15 is 0 Å². The lowest BCUT2D eigenvalue weighted by Crippen LogP contribution is -2.45. The number of urea groups is 1. The van der Waals surface area contributed by atoms with E-state index in [0.717, 1.165) is 24.5 Å². The molecule has 3 rings (SSSR count). The normalized spacial score (nSPS) is 18.9. The summed E-state index contributed by atoms with van der Waals surface area (Å²) in [5.74, 6) is 1.04. The van der Waals surface area contributed by atoms with Crippen LogP contribution in [0.2, 0.25) is 0 Å². The molecule has 2 fully saturated rings. The van der Waals surface area contributed by atoms with Crippen LogP contribution >= 0.6 is 0 Å². The first-order valence-corrected chi connectivity index (χ1v) is 7.63. The van der Waals surface area contributed by atoms with Crippen molar-refractivity contribution in [3.8, 4) is 0 Å². The molecule has 6 heteroatoms. The topological polar surface area (TPSA) is 57.7 Å². The van der Waals surface area contributed by atoms with E-state index in [-0.39, 0.29) is 6.03 Å². The number of ether oxygens (including phenoxy) is 1. The minimum Gasteiger partial charge on any atom is -0.378 e. The Labute approximate surface area is 125 Å². The Morgan fingerprint density at radius 2 is 1.95 bits per heavy atom. The van der Waals surface area contributed by atoms with Gasteiger partial charge in [0.05, 0.1) is 13.2 Å².